The number of amides is 1. The molecular weight excluding hydrogens is 375 g/mol. The summed E-state index contributed by atoms with van der Waals surface area (Å²) in [4.78, 5) is 12.4. The average Bonchev–Trinajstić information content (AvgIpc) is 2.59. The summed E-state index contributed by atoms with van der Waals surface area (Å²) in [5, 5.41) is 22.5. The van der Waals surface area contributed by atoms with Crippen LogP contribution in [0.5, 0.6) is 11.5 Å². The molecule has 2 rings (SSSR count). The van der Waals surface area contributed by atoms with Crippen LogP contribution in [0.4, 0.5) is 5.69 Å². The number of ether oxygens (including phenoxy) is 1. The van der Waals surface area contributed by atoms with E-state index < -0.39 is 5.91 Å². The molecular formula is C19H16Cl2N2O3. The molecule has 0 aromatic heterocycles. The standard InChI is InChI=1S/C19H16Cl2N2O3/c1-3-26-17-9-12(8-15(21)18(17)24)7-13(10-22)19(25)23-16-5-4-14(20)6-11(16)2/h4-9,24H,3H2,1-2H3,(H,23,25)/b13-7+. The Morgan fingerprint density at radius 2 is 2.08 bits per heavy atom. The molecule has 0 aliphatic rings. The van der Waals surface area contributed by atoms with Crippen LogP contribution in [0.1, 0.15) is 18.1 Å². The van der Waals surface area contributed by atoms with Gasteiger partial charge in [0.2, 0.25) is 0 Å². The number of nitrogens with zero attached hydrogens (tertiary/aromatic N) is 1. The largest absolute Gasteiger partial charge is 0.503 e. The summed E-state index contributed by atoms with van der Waals surface area (Å²) in [6.07, 6.45) is 1.37. The van der Waals surface area contributed by atoms with Crippen LogP contribution in [-0.2, 0) is 4.79 Å². The van der Waals surface area contributed by atoms with Crippen molar-refractivity contribution in [1.82, 2.24) is 0 Å². The maximum absolute atomic E-state index is 12.4. The van der Waals surface area contributed by atoms with E-state index in [0.29, 0.717) is 22.9 Å². The third kappa shape index (κ3) is 4.69. The van der Waals surface area contributed by atoms with Gasteiger partial charge in [-0.05, 0) is 61.4 Å². The first-order valence-electron chi connectivity index (χ1n) is 7.70. The number of aryl methyl sites for hydroxylation is 1. The Morgan fingerprint density at radius 1 is 1.35 bits per heavy atom. The molecule has 26 heavy (non-hydrogen) atoms. The maximum atomic E-state index is 12.4. The van der Waals surface area contributed by atoms with E-state index in [2.05, 4.69) is 5.32 Å². The molecule has 5 nitrogen and oxygen atoms in total. The van der Waals surface area contributed by atoms with Gasteiger partial charge in [0.15, 0.2) is 11.5 Å². The van der Waals surface area contributed by atoms with Gasteiger partial charge in [-0.2, -0.15) is 5.26 Å². The summed E-state index contributed by atoms with van der Waals surface area (Å²) in [6.45, 7) is 3.89. The first-order chi connectivity index (χ1) is 12.3. The number of carbonyl (C=O) groups is 1. The molecule has 0 fully saturated rings. The third-order valence-corrected chi connectivity index (χ3v) is 3.99. The highest BCUT2D eigenvalue weighted by molar-refractivity contribution is 6.32. The highest BCUT2D eigenvalue weighted by atomic mass is 35.5. The fraction of sp³-hybridized carbons (Fsp3) is 0.158. The SMILES string of the molecule is CCOc1cc(/C=C(\C#N)C(=O)Nc2ccc(Cl)cc2C)cc(Cl)c1O. The van der Waals surface area contributed by atoms with Crippen LogP contribution in [0.25, 0.3) is 6.08 Å². The maximum Gasteiger partial charge on any atom is 0.266 e. The molecule has 0 atom stereocenters. The van der Waals surface area contributed by atoms with E-state index in [1.54, 1.807) is 32.0 Å². The van der Waals surface area contributed by atoms with Crippen molar-refractivity contribution in [1.29, 1.82) is 5.26 Å². The highest BCUT2D eigenvalue weighted by Crippen LogP contribution is 2.35. The number of nitriles is 1. The first-order valence-corrected chi connectivity index (χ1v) is 8.46. The fourth-order valence-electron chi connectivity index (χ4n) is 2.21. The van der Waals surface area contributed by atoms with Gasteiger partial charge < -0.3 is 15.2 Å². The van der Waals surface area contributed by atoms with E-state index in [1.807, 2.05) is 6.07 Å². The van der Waals surface area contributed by atoms with Crippen LogP contribution in [0.2, 0.25) is 10.0 Å². The van der Waals surface area contributed by atoms with Crippen molar-refractivity contribution in [2.45, 2.75) is 13.8 Å². The Bertz CT molecular complexity index is 918. The summed E-state index contributed by atoms with van der Waals surface area (Å²) in [5.74, 6) is -0.581. The van der Waals surface area contributed by atoms with E-state index in [9.17, 15) is 15.2 Å². The predicted molar refractivity (Wildman–Crippen MR) is 103 cm³/mol. The lowest BCUT2D eigenvalue weighted by Gasteiger charge is -2.10. The van der Waals surface area contributed by atoms with Gasteiger partial charge in [-0.25, -0.2) is 0 Å². The number of phenolic OH excluding ortho intramolecular Hbond substituents is 1. The normalized spacial score (nSPS) is 11.0. The first kappa shape index (κ1) is 19.6. The van der Waals surface area contributed by atoms with Gasteiger partial charge in [-0.15, -0.1) is 0 Å². The summed E-state index contributed by atoms with van der Waals surface area (Å²) in [6, 6.07) is 9.83. The summed E-state index contributed by atoms with van der Waals surface area (Å²) >= 11 is 11.9. The Morgan fingerprint density at radius 3 is 2.69 bits per heavy atom. The van der Waals surface area contributed by atoms with E-state index in [0.717, 1.165) is 5.56 Å². The molecule has 0 spiro atoms. The molecule has 0 aliphatic carbocycles. The fourth-order valence-corrected chi connectivity index (χ4v) is 2.66. The van der Waals surface area contributed by atoms with E-state index in [1.165, 1.54) is 18.2 Å². The third-order valence-electron chi connectivity index (χ3n) is 3.46. The number of nitrogens with one attached hydrogen (secondary N) is 1. The lowest BCUT2D eigenvalue weighted by Crippen LogP contribution is -2.14. The molecule has 134 valence electrons. The number of benzene rings is 2. The second-order valence-corrected chi connectivity index (χ2v) is 6.21. The molecule has 2 aromatic carbocycles. The number of carbonyl (C=O) groups excluding carboxylic acids is 1. The van der Waals surface area contributed by atoms with Crippen molar-refractivity contribution in [2.24, 2.45) is 0 Å². The summed E-state index contributed by atoms with van der Waals surface area (Å²) < 4.78 is 5.30. The zero-order chi connectivity index (χ0) is 19.3. The monoisotopic (exact) mass is 390 g/mol. The molecule has 0 heterocycles. The summed E-state index contributed by atoms with van der Waals surface area (Å²) in [7, 11) is 0. The van der Waals surface area contributed by atoms with Gasteiger partial charge in [0, 0.05) is 10.7 Å². The Labute approximate surface area is 161 Å². The smallest absolute Gasteiger partial charge is 0.266 e. The second kappa shape index (κ2) is 8.61. The average molecular weight is 391 g/mol. The molecule has 0 bridgehead atoms. The van der Waals surface area contributed by atoms with E-state index >= 15 is 0 Å². The zero-order valence-corrected chi connectivity index (χ0v) is 15.6. The molecule has 0 aliphatic heterocycles. The Balaban J connectivity index is 2.32. The minimum Gasteiger partial charge on any atom is -0.503 e. The van der Waals surface area contributed by atoms with E-state index in [4.69, 9.17) is 27.9 Å². The van der Waals surface area contributed by atoms with Gasteiger partial charge in [0.1, 0.15) is 11.6 Å². The minimum atomic E-state index is -0.569. The predicted octanol–water partition coefficient (Wildman–Crippen LogP) is 4.95. The molecule has 1 amide bonds. The number of hydrogen-bond acceptors (Lipinski definition) is 4. The molecule has 0 saturated heterocycles. The van der Waals surface area contributed by atoms with Gasteiger partial charge in [0.25, 0.3) is 5.91 Å². The minimum absolute atomic E-state index is 0.0634. The molecule has 2 N–H and O–H groups in total. The van der Waals surface area contributed by atoms with Crippen LogP contribution in [0.3, 0.4) is 0 Å². The second-order valence-electron chi connectivity index (χ2n) is 5.37. The molecule has 0 unspecified atom stereocenters. The van der Waals surface area contributed by atoms with E-state index in [-0.39, 0.29) is 22.1 Å². The van der Waals surface area contributed by atoms with Crippen molar-refractivity contribution in [3.63, 3.8) is 0 Å². The van der Waals surface area contributed by atoms with Gasteiger partial charge in [-0.3, -0.25) is 4.79 Å². The van der Waals surface area contributed by atoms with Crippen LogP contribution >= 0.6 is 23.2 Å². The number of rotatable bonds is 5. The van der Waals surface area contributed by atoms with Crippen molar-refractivity contribution in [2.75, 3.05) is 11.9 Å². The van der Waals surface area contributed by atoms with Gasteiger partial charge in [0.05, 0.1) is 11.6 Å². The van der Waals surface area contributed by atoms with Crippen LogP contribution in [-0.4, -0.2) is 17.6 Å². The quantitative estimate of drug-likeness (QED) is 0.558. The van der Waals surface area contributed by atoms with Gasteiger partial charge in [-0.1, -0.05) is 23.2 Å². The van der Waals surface area contributed by atoms with Crippen molar-refractivity contribution < 1.29 is 14.6 Å². The molecule has 0 saturated carbocycles. The number of halogens is 2. The number of anilines is 1. The van der Waals surface area contributed by atoms with Gasteiger partial charge >= 0.3 is 0 Å². The van der Waals surface area contributed by atoms with Crippen molar-refractivity contribution >= 4 is 40.9 Å². The number of phenols is 1. The number of aromatic hydroxyl groups is 1. The number of hydrogen-bond donors (Lipinski definition) is 2. The van der Waals surface area contributed by atoms with Crippen LogP contribution < -0.4 is 10.1 Å². The molecule has 0 radical (unpaired) electrons. The van der Waals surface area contributed by atoms with Crippen molar-refractivity contribution in [3.8, 4) is 17.6 Å². The Hall–Kier alpha value is -2.68. The lowest BCUT2D eigenvalue weighted by atomic mass is 10.1. The van der Waals surface area contributed by atoms with Crippen LogP contribution in [0, 0.1) is 18.3 Å². The topological polar surface area (TPSA) is 82.3 Å². The van der Waals surface area contributed by atoms with Crippen molar-refractivity contribution in [3.05, 3.63) is 57.1 Å². The Kier molecular flexibility index (Phi) is 6.51. The molecule has 7 heteroatoms. The highest BCUT2D eigenvalue weighted by Gasteiger charge is 2.13. The molecule has 2 aromatic rings. The van der Waals surface area contributed by atoms with Crippen LogP contribution in [0.15, 0.2) is 35.9 Å². The summed E-state index contributed by atoms with van der Waals surface area (Å²) in [5.41, 5.74) is 1.66. The lowest BCUT2D eigenvalue weighted by molar-refractivity contribution is -0.112. The zero-order valence-electron chi connectivity index (χ0n) is 14.1.